The molecule has 0 aromatic heterocycles. The molecule has 0 fully saturated rings. The molecule has 160 valence electrons. The van der Waals surface area contributed by atoms with Crippen molar-refractivity contribution < 1.29 is 27.5 Å². The first kappa shape index (κ1) is 20.9. The van der Waals surface area contributed by atoms with E-state index in [2.05, 4.69) is 0 Å². The summed E-state index contributed by atoms with van der Waals surface area (Å²) in [5.41, 5.74) is 2.08. The number of Topliss-reactive ketones (excluding diaryl/α,β-unsaturated/α-hetero) is 1. The fourth-order valence-electron chi connectivity index (χ4n) is 3.47. The van der Waals surface area contributed by atoms with E-state index < -0.39 is 27.9 Å². The predicted molar refractivity (Wildman–Crippen MR) is 113 cm³/mol. The van der Waals surface area contributed by atoms with E-state index >= 15 is 0 Å². The third-order valence-corrected chi connectivity index (χ3v) is 6.73. The van der Waals surface area contributed by atoms with Crippen molar-refractivity contribution >= 4 is 21.8 Å². The number of carbonyl (C=O) groups is 2. The summed E-state index contributed by atoms with van der Waals surface area (Å²) in [6.45, 7) is 5.42. The summed E-state index contributed by atoms with van der Waals surface area (Å²) < 4.78 is 38.4. The second-order valence-electron chi connectivity index (χ2n) is 7.36. The zero-order chi connectivity index (χ0) is 22.3. The van der Waals surface area contributed by atoms with Crippen molar-refractivity contribution in [1.29, 1.82) is 0 Å². The van der Waals surface area contributed by atoms with E-state index in [1.807, 2.05) is 13.8 Å². The number of hydrogen-bond donors (Lipinski definition) is 0. The Morgan fingerprint density at radius 1 is 1.06 bits per heavy atom. The topological polar surface area (TPSA) is 90.0 Å². The molecule has 0 spiro atoms. The van der Waals surface area contributed by atoms with E-state index in [1.165, 1.54) is 18.3 Å². The maximum atomic E-state index is 13.2. The summed E-state index contributed by atoms with van der Waals surface area (Å²) in [7, 11) is -4.05. The molecule has 0 radical (unpaired) electrons. The van der Waals surface area contributed by atoms with E-state index in [0.29, 0.717) is 11.3 Å². The molecule has 0 bridgehead atoms. The summed E-state index contributed by atoms with van der Waals surface area (Å²) in [6, 6.07) is 11.4. The standard InChI is InChI=1S/C23H21NO6S/c1-4-29-23(26)19-13-24(31(27,28)16-8-5-14(2)6-9-16)12-18-21(25)17-11-15(3)7-10-20(17)30-22(18)19/h5-13,22H,4H2,1-3H3. The minimum absolute atomic E-state index is 0.0354. The normalized spacial score (nSPS) is 17.7. The average molecular weight is 439 g/mol. The molecule has 0 N–H and O–H groups in total. The van der Waals surface area contributed by atoms with Crippen LogP contribution in [0.4, 0.5) is 0 Å². The molecule has 7 nitrogen and oxygen atoms in total. The lowest BCUT2D eigenvalue weighted by atomic mass is 9.90. The van der Waals surface area contributed by atoms with Crippen LogP contribution in [0.2, 0.25) is 0 Å². The monoisotopic (exact) mass is 439 g/mol. The van der Waals surface area contributed by atoms with Crippen molar-refractivity contribution in [3.63, 3.8) is 0 Å². The van der Waals surface area contributed by atoms with Gasteiger partial charge in [-0.3, -0.25) is 4.79 Å². The number of nitrogens with zero attached hydrogens (tertiary/aromatic N) is 1. The molecule has 2 aromatic carbocycles. The van der Waals surface area contributed by atoms with E-state index in [0.717, 1.165) is 21.6 Å². The molecule has 2 heterocycles. The van der Waals surface area contributed by atoms with Gasteiger partial charge in [0.1, 0.15) is 5.75 Å². The Morgan fingerprint density at radius 3 is 2.42 bits per heavy atom. The highest BCUT2D eigenvalue weighted by Gasteiger charge is 2.42. The summed E-state index contributed by atoms with van der Waals surface area (Å²) in [5, 5.41) is 0. The second kappa shape index (κ2) is 7.70. The van der Waals surface area contributed by atoms with Crippen LogP contribution in [0.15, 0.2) is 70.9 Å². The minimum Gasteiger partial charge on any atom is -0.480 e. The van der Waals surface area contributed by atoms with Crippen LogP contribution in [0.3, 0.4) is 0 Å². The van der Waals surface area contributed by atoms with Gasteiger partial charge in [0, 0.05) is 12.4 Å². The van der Waals surface area contributed by atoms with Gasteiger partial charge in [0.15, 0.2) is 11.9 Å². The fraction of sp³-hybridized carbons (Fsp3) is 0.217. The molecular weight excluding hydrogens is 418 g/mol. The van der Waals surface area contributed by atoms with Crippen molar-refractivity contribution in [3.8, 4) is 5.75 Å². The fourth-order valence-corrected chi connectivity index (χ4v) is 4.70. The number of benzene rings is 2. The molecule has 4 rings (SSSR count). The number of ether oxygens (including phenoxy) is 2. The Hall–Kier alpha value is -3.39. The minimum atomic E-state index is -4.05. The summed E-state index contributed by atoms with van der Waals surface area (Å²) in [5.74, 6) is -0.803. The maximum absolute atomic E-state index is 13.2. The lowest BCUT2D eigenvalue weighted by Crippen LogP contribution is -2.40. The largest absolute Gasteiger partial charge is 0.480 e. The van der Waals surface area contributed by atoms with Gasteiger partial charge >= 0.3 is 5.97 Å². The van der Waals surface area contributed by atoms with Crippen LogP contribution in [0.1, 0.15) is 28.4 Å². The summed E-state index contributed by atoms with van der Waals surface area (Å²) in [6.07, 6.45) is 1.33. The van der Waals surface area contributed by atoms with E-state index in [4.69, 9.17) is 9.47 Å². The van der Waals surface area contributed by atoms with Crippen LogP contribution in [-0.4, -0.2) is 37.2 Å². The Morgan fingerprint density at radius 2 is 1.74 bits per heavy atom. The number of hydrogen-bond acceptors (Lipinski definition) is 6. The lowest BCUT2D eigenvalue weighted by molar-refractivity contribution is -0.139. The number of fused-ring (bicyclic) bond motifs is 2. The van der Waals surface area contributed by atoms with Gasteiger partial charge < -0.3 is 9.47 Å². The van der Waals surface area contributed by atoms with Crippen molar-refractivity contribution in [2.45, 2.75) is 31.8 Å². The first-order chi connectivity index (χ1) is 14.7. The van der Waals surface area contributed by atoms with Gasteiger partial charge in [0.25, 0.3) is 10.0 Å². The van der Waals surface area contributed by atoms with E-state index in [1.54, 1.807) is 37.3 Å². The van der Waals surface area contributed by atoms with Gasteiger partial charge in [-0.25, -0.2) is 17.5 Å². The molecule has 1 atom stereocenters. The smallest absolute Gasteiger partial charge is 0.339 e. The number of sulfonamides is 1. The third kappa shape index (κ3) is 3.63. The van der Waals surface area contributed by atoms with E-state index in [9.17, 15) is 18.0 Å². The number of aryl methyl sites for hydroxylation is 2. The molecule has 0 aliphatic carbocycles. The zero-order valence-corrected chi connectivity index (χ0v) is 18.1. The first-order valence-corrected chi connectivity index (χ1v) is 11.2. The quantitative estimate of drug-likeness (QED) is 0.679. The second-order valence-corrected chi connectivity index (χ2v) is 9.21. The molecule has 31 heavy (non-hydrogen) atoms. The predicted octanol–water partition coefficient (Wildman–Crippen LogP) is 3.28. The Balaban J connectivity index is 1.85. The maximum Gasteiger partial charge on any atom is 0.339 e. The van der Waals surface area contributed by atoms with Gasteiger partial charge in [-0.05, 0) is 45.0 Å². The van der Waals surface area contributed by atoms with Gasteiger partial charge in [-0.15, -0.1) is 0 Å². The van der Waals surface area contributed by atoms with Crippen LogP contribution >= 0.6 is 0 Å². The van der Waals surface area contributed by atoms with Crippen LogP contribution in [0, 0.1) is 13.8 Å². The molecule has 0 saturated heterocycles. The van der Waals surface area contributed by atoms with E-state index in [-0.39, 0.29) is 22.6 Å². The number of carbonyl (C=O) groups excluding carboxylic acids is 2. The highest BCUT2D eigenvalue weighted by molar-refractivity contribution is 7.89. The lowest BCUT2D eigenvalue weighted by Gasteiger charge is -2.33. The average Bonchev–Trinajstić information content (AvgIpc) is 2.74. The molecule has 1 unspecified atom stereocenters. The molecule has 0 saturated carbocycles. The van der Waals surface area contributed by atoms with Gasteiger partial charge in [-0.1, -0.05) is 29.3 Å². The van der Waals surface area contributed by atoms with Crippen molar-refractivity contribution in [2.75, 3.05) is 6.61 Å². The van der Waals surface area contributed by atoms with Crippen LogP contribution in [-0.2, 0) is 19.6 Å². The van der Waals surface area contributed by atoms with Crippen molar-refractivity contribution in [3.05, 3.63) is 82.7 Å². The molecule has 0 amide bonds. The van der Waals surface area contributed by atoms with Gasteiger partial charge in [-0.2, -0.15) is 0 Å². The molecule has 2 aliphatic heterocycles. The van der Waals surface area contributed by atoms with Gasteiger partial charge in [0.05, 0.1) is 28.2 Å². The number of esters is 1. The van der Waals surface area contributed by atoms with Crippen LogP contribution in [0.25, 0.3) is 0 Å². The Bertz CT molecular complexity index is 1240. The molecular formula is C23H21NO6S. The van der Waals surface area contributed by atoms with Crippen molar-refractivity contribution in [1.82, 2.24) is 4.31 Å². The van der Waals surface area contributed by atoms with Gasteiger partial charge in [0.2, 0.25) is 0 Å². The molecule has 2 aliphatic rings. The Labute approximate surface area is 180 Å². The highest BCUT2D eigenvalue weighted by Crippen LogP contribution is 2.37. The van der Waals surface area contributed by atoms with Crippen LogP contribution < -0.4 is 4.74 Å². The van der Waals surface area contributed by atoms with Crippen LogP contribution in [0.5, 0.6) is 5.75 Å². The molecule has 8 heteroatoms. The third-order valence-electron chi connectivity index (χ3n) is 5.09. The van der Waals surface area contributed by atoms with Crippen molar-refractivity contribution in [2.24, 2.45) is 0 Å². The highest BCUT2D eigenvalue weighted by atomic mass is 32.2. The number of ketones is 1. The summed E-state index contributed by atoms with van der Waals surface area (Å²) >= 11 is 0. The Kier molecular flexibility index (Phi) is 5.18. The zero-order valence-electron chi connectivity index (χ0n) is 17.3. The molecule has 2 aromatic rings. The number of rotatable bonds is 4. The SMILES string of the molecule is CCOC(=O)C1=CN(S(=O)(=O)c2ccc(C)cc2)C=C2C(=O)c3cc(C)ccc3OC12. The summed E-state index contributed by atoms with van der Waals surface area (Å²) in [4.78, 5) is 25.9. The first-order valence-electron chi connectivity index (χ1n) is 9.75.